The Balaban J connectivity index is 2.41. The van der Waals surface area contributed by atoms with Crippen LogP contribution in [0.25, 0.3) is 11.8 Å². The number of hydrogen-bond donors (Lipinski definition) is 2. The molecule has 0 atom stereocenters. The van der Waals surface area contributed by atoms with Crippen molar-refractivity contribution in [3.63, 3.8) is 0 Å². The smallest absolute Gasteiger partial charge is 0.252 e. The van der Waals surface area contributed by atoms with E-state index in [1.807, 2.05) is 42.5 Å². The fraction of sp³-hybridized carbons (Fsp3) is 0.0625. The van der Waals surface area contributed by atoms with Gasteiger partial charge in [0.15, 0.2) is 0 Å². The average Bonchev–Trinajstić information content (AvgIpc) is 2.48. The quantitative estimate of drug-likeness (QED) is 0.822. The molecule has 0 aliphatic carbocycles. The van der Waals surface area contributed by atoms with Gasteiger partial charge in [-0.2, -0.15) is 0 Å². The third kappa shape index (κ3) is 3.01. The van der Waals surface area contributed by atoms with Gasteiger partial charge < -0.3 is 11.1 Å². The fourth-order valence-corrected chi connectivity index (χ4v) is 1.77. The number of hydrogen-bond acceptors (Lipinski definition) is 2. The Hall–Kier alpha value is -2.55. The highest BCUT2D eigenvalue weighted by atomic mass is 16.1. The monoisotopic (exact) mass is 251 g/mol. The van der Waals surface area contributed by atoms with E-state index in [1.54, 1.807) is 19.2 Å². The molecule has 3 nitrogen and oxygen atoms in total. The van der Waals surface area contributed by atoms with Crippen molar-refractivity contribution in [3.8, 4) is 0 Å². The molecule has 0 saturated heterocycles. The van der Waals surface area contributed by atoms with Gasteiger partial charge in [-0.15, -0.1) is 0 Å². The number of nitrogens with one attached hydrogen (secondary N) is 1. The SMILES string of the molecule is CNC(=O)c1[c]cccc1C=C(N)c1ccccc1. The molecule has 1 amide bonds. The van der Waals surface area contributed by atoms with Crippen LogP contribution in [-0.4, -0.2) is 13.0 Å². The molecular formula is C16H15N2O. The van der Waals surface area contributed by atoms with E-state index in [4.69, 9.17) is 5.73 Å². The topological polar surface area (TPSA) is 55.1 Å². The molecule has 2 aromatic carbocycles. The van der Waals surface area contributed by atoms with Crippen LogP contribution in [0, 0.1) is 6.07 Å². The lowest BCUT2D eigenvalue weighted by Crippen LogP contribution is -2.19. The summed E-state index contributed by atoms with van der Waals surface area (Å²) in [7, 11) is 1.59. The van der Waals surface area contributed by atoms with E-state index < -0.39 is 0 Å². The Bertz CT molecular complexity index is 603. The Morgan fingerprint density at radius 1 is 1.21 bits per heavy atom. The summed E-state index contributed by atoms with van der Waals surface area (Å²) in [6.45, 7) is 0. The maximum atomic E-state index is 11.7. The van der Waals surface area contributed by atoms with Gasteiger partial charge in [-0.25, -0.2) is 0 Å². The van der Waals surface area contributed by atoms with E-state index in [2.05, 4.69) is 11.4 Å². The highest BCUT2D eigenvalue weighted by Crippen LogP contribution is 2.16. The minimum absolute atomic E-state index is 0.173. The van der Waals surface area contributed by atoms with Crippen LogP contribution in [0.15, 0.2) is 48.5 Å². The van der Waals surface area contributed by atoms with E-state index >= 15 is 0 Å². The van der Waals surface area contributed by atoms with Crippen LogP contribution in [0.2, 0.25) is 0 Å². The van der Waals surface area contributed by atoms with Gasteiger partial charge in [0.25, 0.3) is 5.91 Å². The van der Waals surface area contributed by atoms with Crippen LogP contribution in [0.3, 0.4) is 0 Å². The number of nitrogens with two attached hydrogens (primary N) is 1. The summed E-state index contributed by atoms with van der Waals surface area (Å²) in [5, 5.41) is 2.59. The summed E-state index contributed by atoms with van der Waals surface area (Å²) < 4.78 is 0. The van der Waals surface area contributed by atoms with E-state index in [0.717, 1.165) is 11.1 Å². The molecule has 3 N–H and O–H groups in total. The van der Waals surface area contributed by atoms with Gasteiger partial charge in [0, 0.05) is 12.7 Å². The third-order valence-electron chi connectivity index (χ3n) is 2.76. The van der Waals surface area contributed by atoms with E-state index in [9.17, 15) is 4.79 Å². The van der Waals surface area contributed by atoms with Crippen LogP contribution < -0.4 is 11.1 Å². The summed E-state index contributed by atoms with van der Waals surface area (Å²) >= 11 is 0. The average molecular weight is 251 g/mol. The lowest BCUT2D eigenvalue weighted by molar-refractivity contribution is 0.0962. The lowest BCUT2D eigenvalue weighted by Gasteiger charge is -2.06. The van der Waals surface area contributed by atoms with Gasteiger partial charge in [0.1, 0.15) is 0 Å². The number of carbonyl (C=O) groups excluding carboxylic acids is 1. The van der Waals surface area contributed by atoms with Crippen molar-refractivity contribution in [1.29, 1.82) is 0 Å². The zero-order chi connectivity index (χ0) is 13.7. The van der Waals surface area contributed by atoms with E-state index in [-0.39, 0.29) is 5.91 Å². The number of carbonyl (C=O) groups is 1. The molecule has 0 heterocycles. The zero-order valence-corrected chi connectivity index (χ0v) is 10.7. The molecule has 0 aromatic heterocycles. The van der Waals surface area contributed by atoms with Crippen LogP contribution in [0.5, 0.6) is 0 Å². The molecule has 2 aromatic rings. The summed E-state index contributed by atoms with van der Waals surface area (Å²) in [6.07, 6.45) is 1.79. The Morgan fingerprint density at radius 2 is 1.95 bits per heavy atom. The van der Waals surface area contributed by atoms with Gasteiger partial charge in [-0.3, -0.25) is 4.79 Å². The number of rotatable bonds is 3. The summed E-state index contributed by atoms with van der Waals surface area (Å²) in [5.41, 5.74) is 8.84. The van der Waals surface area contributed by atoms with Crippen molar-refractivity contribution in [2.75, 3.05) is 7.05 Å². The van der Waals surface area contributed by atoms with Gasteiger partial charge in [0.05, 0.1) is 5.56 Å². The Morgan fingerprint density at radius 3 is 2.63 bits per heavy atom. The van der Waals surface area contributed by atoms with Crippen molar-refractivity contribution in [2.24, 2.45) is 5.73 Å². The first kappa shape index (κ1) is 12.9. The molecule has 2 rings (SSSR count). The molecule has 0 aliphatic heterocycles. The maximum absolute atomic E-state index is 11.7. The van der Waals surface area contributed by atoms with Crippen LogP contribution >= 0.6 is 0 Å². The highest BCUT2D eigenvalue weighted by molar-refractivity contribution is 5.99. The van der Waals surface area contributed by atoms with Crippen molar-refractivity contribution < 1.29 is 4.79 Å². The van der Waals surface area contributed by atoms with E-state index in [1.165, 1.54) is 0 Å². The highest BCUT2D eigenvalue weighted by Gasteiger charge is 2.08. The van der Waals surface area contributed by atoms with Gasteiger partial charge >= 0.3 is 0 Å². The van der Waals surface area contributed by atoms with Crippen molar-refractivity contribution in [3.05, 3.63) is 71.3 Å². The maximum Gasteiger partial charge on any atom is 0.252 e. The van der Waals surface area contributed by atoms with Crippen LogP contribution in [-0.2, 0) is 0 Å². The van der Waals surface area contributed by atoms with Crippen LogP contribution in [0.1, 0.15) is 21.5 Å². The standard InChI is InChI=1S/C16H15N2O/c1-18-16(19)14-10-6-5-9-13(14)11-15(17)12-7-3-2-4-8-12/h2-9,11H,17H2,1H3,(H,18,19). The molecule has 0 fully saturated rings. The predicted molar refractivity (Wildman–Crippen MR) is 77.2 cm³/mol. The molecule has 19 heavy (non-hydrogen) atoms. The van der Waals surface area contributed by atoms with Gasteiger partial charge in [0.2, 0.25) is 0 Å². The van der Waals surface area contributed by atoms with Crippen molar-refractivity contribution in [1.82, 2.24) is 5.32 Å². The molecule has 1 radical (unpaired) electrons. The first-order valence-corrected chi connectivity index (χ1v) is 5.97. The van der Waals surface area contributed by atoms with Crippen molar-refractivity contribution >= 4 is 17.7 Å². The van der Waals surface area contributed by atoms with Crippen molar-refractivity contribution in [2.45, 2.75) is 0 Å². The summed E-state index contributed by atoms with van der Waals surface area (Å²) in [6, 6.07) is 18.0. The largest absolute Gasteiger partial charge is 0.398 e. The minimum atomic E-state index is -0.173. The molecule has 0 bridgehead atoms. The Labute approximate surface area is 112 Å². The third-order valence-corrected chi connectivity index (χ3v) is 2.76. The zero-order valence-electron chi connectivity index (χ0n) is 10.7. The molecular weight excluding hydrogens is 236 g/mol. The first-order chi connectivity index (χ1) is 9.22. The van der Waals surface area contributed by atoms with Crippen LogP contribution in [0.4, 0.5) is 0 Å². The molecule has 0 unspecified atom stereocenters. The fourth-order valence-electron chi connectivity index (χ4n) is 1.77. The second kappa shape index (κ2) is 5.87. The lowest BCUT2D eigenvalue weighted by atomic mass is 10.0. The number of amides is 1. The molecule has 0 saturated carbocycles. The predicted octanol–water partition coefficient (Wildman–Crippen LogP) is 2.30. The molecule has 95 valence electrons. The second-order valence-corrected chi connectivity index (χ2v) is 4.05. The van der Waals surface area contributed by atoms with Gasteiger partial charge in [-0.05, 0) is 23.3 Å². The minimum Gasteiger partial charge on any atom is -0.398 e. The molecule has 3 heteroatoms. The first-order valence-electron chi connectivity index (χ1n) is 5.97. The summed E-state index contributed by atoms with van der Waals surface area (Å²) in [5.74, 6) is -0.173. The second-order valence-electron chi connectivity index (χ2n) is 4.05. The van der Waals surface area contributed by atoms with Gasteiger partial charge in [-0.1, -0.05) is 48.5 Å². The number of benzene rings is 2. The summed E-state index contributed by atoms with van der Waals surface area (Å²) in [4.78, 5) is 11.7. The molecule has 0 aliphatic rings. The van der Waals surface area contributed by atoms with E-state index in [0.29, 0.717) is 11.3 Å². The normalized spacial score (nSPS) is 11.1. The Kier molecular flexibility index (Phi) is 3.98. The molecule has 0 spiro atoms.